The predicted molar refractivity (Wildman–Crippen MR) is 71.7 cm³/mol. The molecule has 0 heterocycles. The van der Waals surface area contributed by atoms with Crippen molar-refractivity contribution < 1.29 is 9.59 Å². The van der Waals surface area contributed by atoms with E-state index in [2.05, 4.69) is 15.9 Å². The van der Waals surface area contributed by atoms with Gasteiger partial charge in [0, 0.05) is 22.7 Å². The quantitative estimate of drug-likeness (QED) is 0.797. The lowest BCUT2D eigenvalue weighted by molar-refractivity contribution is -0.109. The number of rotatable bonds is 4. The van der Waals surface area contributed by atoms with Crippen LogP contribution in [0.2, 0.25) is 0 Å². The normalized spacial score (nSPS) is 10.6. The number of hydrogen-bond acceptors (Lipinski definition) is 3. The van der Waals surface area contributed by atoms with E-state index in [0.717, 1.165) is 16.3 Å². The smallest absolute Gasteiger partial charge is 0.186 e. The molecular weight excluding hydrogens is 288 g/mol. The first-order valence-electron chi connectivity index (χ1n) is 4.68. The van der Waals surface area contributed by atoms with E-state index in [1.54, 1.807) is 13.0 Å². The summed E-state index contributed by atoms with van der Waals surface area (Å²) in [6.07, 6.45) is 4.61. The highest BCUT2D eigenvalue weighted by Crippen LogP contribution is 2.21. The molecule has 0 aliphatic carbocycles. The summed E-state index contributed by atoms with van der Waals surface area (Å²) in [5, 5.41) is 0.102. The van der Waals surface area contributed by atoms with E-state index in [1.165, 1.54) is 11.8 Å². The molecule has 0 unspecified atom stereocenters. The second-order valence-corrected chi connectivity index (χ2v) is 5.06. The molecule has 1 rings (SSSR count). The van der Waals surface area contributed by atoms with E-state index in [4.69, 9.17) is 0 Å². The molecule has 1 aromatic rings. The second-order valence-electron chi connectivity index (χ2n) is 3.07. The van der Waals surface area contributed by atoms with Gasteiger partial charge in [0.25, 0.3) is 0 Å². The minimum atomic E-state index is 0.102. The van der Waals surface area contributed by atoms with Crippen LogP contribution in [-0.2, 0) is 4.79 Å². The van der Waals surface area contributed by atoms with Gasteiger partial charge in [-0.15, -0.1) is 0 Å². The molecule has 0 fully saturated rings. The van der Waals surface area contributed by atoms with Crippen LogP contribution < -0.4 is 0 Å². The summed E-state index contributed by atoms with van der Waals surface area (Å²) in [7, 11) is 0. The average Bonchev–Trinajstić information content (AvgIpc) is 2.26. The van der Waals surface area contributed by atoms with Gasteiger partial charge in [-0.3, -0.25) is 9.59 Å². The maximum Gasteiger partial charge on any atom is 0.186 e. The summed E-state index contributed by atoms with van der Waals surface area (Å²) in [5.41, 5.74) is 1.56. The Labute approximate surface area is 107 Å². The van der Waals surface area contributed by atoms with E-state index in [0.29, 0.717) is 11.3 Å². The molecule has 0 spiro atoms. The zero-order valence-corrected chi connectivity index (χ0v) is 11.2. The Morgan fingerprint density at radius 3 is 2.75 bits per heavy atom. The Morgan fingerprint density at radius 2 is 2.12 bits per heavy atom. The van der Waals surface area contributed by atoms with E-state index in [-0.39, 0.29) is 5.12 Å². The Kier molecular flexibility index (Phi) is 5.49. The third kappa shape index (κ3) is 3.94. The van der Waals surface area contributed by atoms with Crippen LogP contribution in [0.3, 0.4) is 0 Å². The highest BCUT2D eigenvalue weighted by Gasteiger charge is 2.01. The molecule has 0 aromatic heterocycles. The SMILES string of the molecule is CC(=O)SCC=Cc1cccc(C=O)c1Br. The maximum absolute atomic E-state index is 10.7. The molecule has 0 saturated heterocycles. The number of carbonyl (C=O) groups is 2. The molecule has 0 aliphatic heterocycles. The highest BCUT2D eigenvalue weighted by molar-refractivity contribution is 9.10. The zero-order valence-electron chi connectivity index (χ0n) is 8.77. The fourth-order valence-corrected chi connectivity index (χ4v) is 2.05. The third-order valence-corrected chi connectivity index (χ3v) is 3.55. The van der Waals surface area contributed by atoms with Gasteiger partial charge in [0.1, 0.15) is 0 Å². The number of halogens is 1. The molecule has 0 atom stereocenters. The first kappa shape index (κ1) is 13.2. The topological polar surface area (TPSA) is 34.1 Å². The number of benzene rings is 1. The van der Waals surface area contributed by atoms with Gasteiger partial charge in [-0.05, 0) is 21.5 Å². The summed E-state index contributed by atoms with van der Waals surface area (Å²) in [4.78, 5) is 21.4. The monoisotopic (exact) mass is 298 g/mol. The summed E-state index contributed by atoms with van der Waals surface area (Å²) in [5.74, 6) is 0.646. The zero-order chi connectivity index (χ0) is 12.0. The van der Waals surface area contributed by atoms with Gasteiger partial charge in [-0.1, -0.05) is 42.1 Å². The highest BCUT2D eigenvalue weighted by atomic mass is 79.9. The molecule has 0 aliphatic rings. The third-order valence-electron chi connectivity index (χ3n) is 1.87. The molecular formula is C12H11BrO2S. The van der Waals surface area contributed by atoms with Crippen molar-refractivity contribution in [3.63, 3.8) is 0 Å². The summed E-state index contributed by atoms with van der Waals surface area (Å²) < 4.78 is 0.786. The molecule has 0 radical (unpaired) electrons. The van der Waals surface area contributed by atoms with Crippen LogP contribution in [-0.4, -0.2) is 17.2 Å². The standard InChI is InChI=1S/C12H11BrO2S/c1-9(15)16-7-3-6-10-4-2-5-11(8-14)12(10)13/h2-6,8H,7H2,1H3. The van der Waals surface area contributed by atoms with Crippen molar-refractivity contribution in [2.45, 2.75) is 6.92 Å². The fourth-order valence-electron chi connectivity index (χ4n) is 1.13. The maximum atomic E-state index is 10.7. The van der Waals surface area contributed by atoms with E-state index in [1.807, 2.05) is 24.3 Å². The molecule has 0 N–H and O–H groups in total. The van der Waals surface area contributed by atoms with Gasteiger partial charge in [0.15, 0.2) is 11.4 Å². The van der Waals surface area contributed by atoms with Gasteiger partial charge in [-0.25, -0.2) is 0 Å². The van der Waals surface area contributed by atoms with Crippen LogP contribution in [0.25, 0.3) is 6.08 Å². The van der Waals surface area contributed by atoms with Gasteiger partial charge in [-0.2, -0.15) is 0 Å². The molecule has 4 heteroatoms. The fraction of sp³-hybridized carbons (Fsp3) is 0.167. The number of thioether (sulfide) groups is 1. The lowest BCUT2D eigenvalue weighted by Crippen LogP contribution is -1.86. The average molecular weight is 299 g/mol. The van der Waals surface area contributed by atoms with E-state index < -0.39 is 0 Å². The molecule has 0 amide bonds. The second kappa shape index (κ2) is 6.66. The molecule has 1 aromatic carbocycles. The van der Waals surface area contributed by atoms with Crippen LogP contribution in [0.4, 0.5) is 0 Å². The van der Waals surface area contributed by atoms with Crippen molar-refractivity contribution in [2.75, 3.05) is 5.75 Å². The van der Waals surface area contributed by atoms with Crippen molar-refractivity contribution >= 4 is 45.2 Å². The Morgan fingerprint density at radius 1 is 1.44 bits per heavy atom. The minimum Gasteiger partial charge on any atom is -0.298 e. The summed E-state index contributed by atoms with van der Waals surface area (Å²) in [6, 6.07) is 5.48. The van der Waals surface area contributed by atoms with E-state index >= 15 is 0 Å². The van der Waals surface area contributed by atoms with Crippen LogP contribution in [0, 0.1) is 0 Å². The van der Waals surface area contributed by atoms with E-state index in [9.17, 15) is 9.59 Å². The van der Waals surface area contributed by atoms with Crippen molar-refractivity contribution in [3.8, 4) is 0 Å². The molecule has 2 nitrogen and oxygen atoms in total. The number of hydrogen-bond donors (Lipinski definition) is 0. The summed E-state index contributed by atoms with van der Waals surface area (Å²) in [6.45, 7) is 1.54. The Balaban J connectivity index is 2.73. The van der Waals surface area contributed by atoms with Crippen molar-refractivity contribution in [1.82, 2.24) is 0 Å². The van der Waals surface area contributed by atoms with Gasteiger partial charge >= 0.3 is 0 Å². The first-order valence-corrected chi connectivity index (χ1v) is 6.46. The van der Waals surface area contributed by atoms with Gasteiger partial charge in [0.2, 0.25) is 0 Å². The first-order chi connectivity index (χ1) is 7.65. The lowest BCUT2D eigenvalue weighted by atomic mass is 10.1. The van der Waals surface area contributed by atoms with Crippen LogP contribution in [0.1, 0.15) is 22.8 Å². The van der Waals surface area contributed by atoms with Crippen LogP contribution in [0.15, 0.2) is 28.7 Å². The number of aldehydes is 1. The number of carbonyl (C=O) groups excluding carboxylic acids is 2. The molecule has 84 valence electrons. The van der Waals surface area contributed by atoms with Crippen molar-refractivity contribution in [1.29, 1.82) is 0 Å². The molecule has 0 bridgehead atoms. The van der Waals surface area contributed by atoms with Crippen molar-refractivity contribution in [2.24, 2.45) is 0 Å². The largest absolute Gasteiger partial charge is 0.298 e. The van der Waals surface area contributed by atoms with Gasteiger partial charge < -0.3 is 0 Å². The van der Waals surface area contributed by atoms with Gasteiger partial charge in [0.05, 0.1) is 0 Å². The predicted octanol–water partition coefficient (Wildman–Crippen LogP) is 3.55. The lowest BCUT2D eigenvalue weighted by Gasteiger charge is -2.00. The Hall–Kier alpha value is -0.870. The summed E-state index contributed by atoms with van der Waals surface area (Å²) >= 11 is 4.62. The Bertz CT molecular complexity index is 427. The van der Waals surface area contributed by atoms with Crippen molar-refractivity contribution in [3.05, 3.63) is 39.9 Å². The molecule has 16 heavy (non-hydrogen) atoms. The molecule has 0 saturated carbocycles. The van der Waals surface area contributed by atoms with Crippen LogP contribution >= 0.6 is 27.7 Å². The van der Waals surface area contributed by atoms with Crippen LogP contribution in [0.5, 0.6) is 0 Å². The minimum absolute atomic E-state index is 0.102.